The maximum atomic E-state index is 12.4. The number of carbonyl (C=O) groups excluding carboxylic acids is 1. The molecule has 5 nitrogen and oxygen atoms in total. The first-order chi connectivity index (χ1) is 10.9. The van der Waals surface area contributed by atoms with Gasteiger partial charge in [0, 0.05) is 10.7 Å². The highest BCUT2D eigenvalue weighted by atomic mass is 79.9. The fourth-order valence-electron chi connectivity index (χ4n) is 2.09. The van der Waals surface area contributed by atoms with E-state index in [9.17, 15) is 4.79 Å². The van der Waals surface area contributed by atoms with Gasteiger partial charge in [0.25, 0.3) is 5.91 Å². The van der Waals surface area contributed by atoms with Crippen molar-refractivity contribution < 1.29 is 9.53 Å². The van der Waals surface area contributed by atoms with E-state index in [1.807, 2.05) is 32.0 Å². The minimum Gasteiger partial charge on any atom is -0.496 e. The number of hydrogen-bond acceptors (Lipinski definition) is 4. The molecule has 0 saturated carbocycles. The number of thiocarbonyl (C=S) groups is 1. The Labute approximate surface area is 148 Å². The van der Waals surface area contributed by atoms with E-state index >= 15 is 0 Å². The van der Waals surface area contributed by atoms with Gasteiger partial charge in [0.1, 0.15) is 11.6 Å². The first-order valence-electron chi connectivity index (χ1n) is 6.80. The van der Waals surface area contributed by atoms with Crippen LogP contribution in [0.1, 0.15) is 21.5 Å². The van der Waals surface area contributed by atoms with Crippen LogP contribution in [0, 0.1) is 13.8 Å². The summed E-state index contributed by atoms with van der Waals surface area (Å²) in [6.07, 6.45) is 1.67. The summed E-state index contributed by atoms with van der Waals surface area (Å²) < 4.78 is 6.10. The molecular formula is C16H16BrN3O2S. The van der Waals surface area contributed by atoms with Crippen LogP contribution < -0.4 is 15.4 Å². The quantitative estimate of drug-likeness (QED) is 0.779. The molecule has 23 heavy (non-hydrogen) atoms. The summed E-state index contributed by atoms with van der Waals surface area (Å²) in [4.78, 5) is 16.6. The topological polar surface area (TPSA) is 63.2 Å². The molecule has 0 fully saturated rings. The number of aromatic nitrogens is 1. The summed E-state index contributed by atoms with van der Waals surface area (Å²) in [6.45, 7) is 3.82. The van der Waals surface area contributed by atoms with Crippen molar-refractivity contribution in [3.05, 3.63) is 51.6 Å². The predicted molar refractivity (Wildman–Crippen MR) is 98.1 cm³/mol. The predicted octanol–water partition coefficient (Wildman–Crippen LogP) is 3.60. The number of rotatable bonds is 3. The Hall–Kier alpha value is -1.99. The van der Waals surface area contributed by atoms with E-state index in [0.29, 0.717) is 17.1 Å². The molecule has 0 radical (unpaired) electrons. The van der Waals surface area contributed by atoms with Crippen molar-refractivity contribution in [3.63, 3.8) is 0 Å². The third-order valence-corrected chi connectivity index (χ3v) is 3.73. The molecule has 1 aromatic heterocycles. The minimum atomic E-state index is -0.351. The molecule has 2 aromatic rings. The number of benzene rings is 1. The smallest absolute Gasteiger partial charge is 0.261 e. The van der Waals surface area contributed by atoms with Gasteiger partial charge >= 0.3 is 0 Å². The molecule has 0 aliphatic heterocycles. The van der Waals surface area contributed by atoms with Crippen molar-refractivity contribution >= 4 is 45.0 Å². The number of amides is 1. The van der Waals surface area contributed by atoms with Gasteiger partial charge in [0.2, 0.25) is 0 Å². The Bertz CT molecular complexity index is 765. The van der Waals surface area contributed by atoms with Gasteiger partial charge in [-0.3, -0.25) is 10.1 Å². The van der Waals surface area contributed by atoms with Crippen LogP contribution in [-0.4, -0.2) is 23.1 Å². The molecule has 1 aromatic carbocycles. The van der Waals surface area contributed by atoms with Gasteiger partial charge in [-0.1, -0.05) is 15.9 Å². The van der Waals surface area contributed by atoms with E-state index in [4.69, 9.17) is 17.0 Å². The molecule has 0 aliphatic rings. The zero-order valence-corrected chi connectivity index (χ0v) is 15.3. The lowest BCUT2D eigenvalue weighted by molar-refractivity contribution is 0.0974. The second-order valence-corrected chi connectivity index (χ2v) is 6.25. The highest BCUT2D eigenvalue weighted by Gasteiger charge is 2.16. The highest BCUT2D eigenvalue weighted by Crippen LogP contribution is 2.27. The van der Waals surface area contributed by atoms with Crippen LogP contribution in [0.25, 0.3) is 0 Å². The van der Waals surface area contributed by atoms with Crippen molar-refractivity contribution in [2.75, 3.05) is 12.4 Å². The summed E-state index contributed by atoms with van der Waals surface area (Å²) in [6, 6.07) is 7.28. The maximum absolute atomic E-state index is 12.4. The summed E-state index contributed by atoms with van der Waals surface area (Å²) >= 11 is 8.54. The zero-order valence-electron chi connectivity index (χ0n) is 12.9. The number of halogens is 1. The van der Waals surface area contributed by atoms with Gasteiger partial charge in [-0.25, -0.2) is 4.98 Å². The number of carbonyl (C=O) groups is 1. The van der Waals surface area contributed by atoms with Gasteiger partial charge < -0.3 is 10.1 Å². The fraction of sp³-hybridized carbons (Fsp3) is 0.188. The van der Waals surface area contributed by atoms with E-state index < -0.39 is 0 Å². The van der Waals surface area contributed by atoms with Gasteiger partial charge in [0.15, 0.2) is 5.11 Å². The lowest BCUT2D eigenvalue weighted by atomic mass is 10.1. The van der Waals surface area contributed by atoms with Crippen LogP contribution in [-0.2, 0) is 0 Å². The monoisotopic (exact) mass is 393 g/mol. The Kier molecular flexibility index (Phi) is 5.68. The number of anilines is 1. The standard InChI is InChI=1S/C16H16BrN3O2S/c1-9-4-5-18-13(6-9)19-16(23)20-15(21)12-8-11(17)7-10(2)14(12)22-3/h4-8H,1-3H3,(H2,18,19,20,21,23). The molecule has 0 spiro atoms. The molecule has 2 N–H and O–H groups in total. The summed E-state index contributed by atoms with van der Waals surface area (Å²) in [5.74, 6) is 0.742. The number of ether oxygens (including phenoxy) is 1. The zero-order chi connectivity index (χ0) is 17.0. The van der Waals surface area contributed by atoms with Crippen LogP contribution in [0.5, 0.6) is 5.75 Å². The Balaban J connectivity index is 2.14. The molecule has 0 unspecified atom stereocenters. The van der Waals surface area contributed by atoms with E-state index in [1.54, 1.807) is 12.3 Å². The average Bonchev–Trinajstić information content (AvgIpc) is 2.46. The lowest BCUT2D eigenvalue weighted by Crippen LogP contribution is -2.34. The largest absolute Gasteiger partial charge is 0.496 e. The van der Waals surface area contributed by atoms with Crippen molar-refractivity contribution in [2.24, 2.45) is 0 Å². The van der Waals surface area contributed by atoms with E-state index in [-0.39, 0.29) is 11.0 Å². The highest BCUT2D eigenvalue weighted by molar-refractivity contribution is 9.10. The number of nitrogens with zero attached hydrogens (tertiary/aromatic N) is 1. The Morgan fingerprint density at radius 1 is 1.30 bits per heavy atom. The van der Waals surface area contributed by atoms with Crippen LogP contribution >= 0.6 is 28.1 Å². The van der Waals surface area contributed by atoms with Crippen LogP contribution in [0.15, 0.2) is 34.9 Å². The first kappa shape index (κ1) is 17.4. The fourth-order valence-corrected chi connectivity index (χ4v) is 2.86. The molecule has 120 valence electrons. The van der Waals surface area contributed by atoms with Crippen molar-refractivity contribution in [3.8, 4) is 5.75 Å². The van der Waals surface area contributed by atoms with Crippen LogP contribution in [0.4, 0.5) is 5.82 Å². The number of methoxy groups -OCH3 is 1. The third kappa shape index (κ3) is 4.49. The maximum Gasteiger partial charge on any atom is 0.261 e. The third-order valence-electron chi connectivity index (χ3n) is 3.07. The van der Waals surface area contributed by atoms with Crippen molar-refractivity contribution in [1.29, 1.82) is 0 Å². The Morgan fingerprint density at radius 3 is 2.70 bits per heavy atom. The first-order valence-corrected chi connectivity index (χ1v) is 8.00. The molecule has 1 amide bonds. The SMILES string of the molecule is COc1c(C)cc(Br)cc1C(=O)NC(=S)Nc1cc(C)ccn1. The minimum absolute atomic E-state index is 0.174. The molecule has 0 atom stereocenters. The van der Waals surface area contributed by atoms with Gasteiger partial charge in [-0.05, 0) is 61.5 Å². The normalized spacial score (nSPS) is 10.1. The number of pyridine rings is 1. The van der Waals surface area contributed by atoms with Gasteiger partial charge in [-0.2, -0.15) is 0 Å². The molecule has 0 bridgehead atoms. The average molecular weight is 394 g/mol. The number of hydrogen-bond donors (Lipinski definition) is 2. The second kappa shape index (κ2) is 7.52. The van der Waals surface area contributed by atoms with Crippen molar-refractivity contribution in [2.45, 2.75) is 13.8 Å². The van der Waals surface area contributed by atoms with E-state index in [2.05, 4.69) is 31.5 Å². The van der Waals surface area contributed by atoms with E-state index in [1.165, 1.54) is 7.11 Å². The van der Waals surface area contributed by atoms with Gasteiger partial charge in [-0.15, -0.1) is 0 Å². The molecule has 0 saturated heterocycles. The number of nitrogens with one attached hydrogen (secondary N) is 2. The number of aryl methyl sites for hydroxylation is 2. The van der Waals surface area contributed by atoms with Crippen LogP contribution in [0.3, 0.4) is 0 Å². The molecular weight excluding hydrogens is 378 g/mol. The van der Waals surface area contributed by atoms with E-state index in [0.717, 1.165) is 15.6 Å². The van der Waals surface area contributed by atoms with Crippen LogP contribution in [0.2, 0.25) is 0 Å². The Morgan fingerprint density at radius 2 is 2.04 bits per heavy atom. The second-order valence-electron chi connectivity index (χ2n) is 4.93. The summed E-state index contributed by atoms with van der Waals surface area (Å²) in [5, 5.41) is 5.69. The summed E-state index contributed by atoms with van der Waals surface area (Å²) in [5.41, 5.74) is 2.30. The molecule has 0 aliphatic carbocycles. The lowest BCUT2D eigenvalue weighted by Gasteiger charge is -2.13. The summed E-state index contributed by atoms with van der Waals surface area (Å²) in [7, 11) is 1.53. The van der Waals surface area contributed by atoms with Crippen molar-refractivity contribution in [1.82, 2.24) is 10.3 Å². The van der Waals surface area contributed by atoms with Gasteiger partial charge in [0.05, 0.1) is 12.7 Å². The molecule has 7 heteroatoms. The molecule has 1 heterocycles. The molecule has 2 rings (SSSR count).